The van der Waals surface area contributed by atoms with Gasteiger partial charge in [0.05, 0.1) is 22.3 Å². The first kappa shape index (κ1) is 21.1. The topological polar surface area (TPSA) is 69.3 Å². The lowest BCUT2D eigenvalue weighted by Gasteiger charge is -2.14. The summed E-state index contributed by atoms with van der Waals surface area (Å²) in [7, 11) is 0. The van der Waals surface area contributed by atoms with E-state index in [4.69, 9.17) is 0 Å². The van der Waals surface area contributed by atoms with Crippen molar-refractivity contribution < 1.29 is 4.39 Å². The van der Waals surface area contributed by atoms with Gasteiger partial charge in [0.2, 0.25) is 0 Å². The van der Waals surface area contributed by atoms with E-state index in [1.165, 1.54) is 32.9 Å². The Balaban J connectivity index is 1.63. The number of fused-ring (bicyclic) bond motifs is 2. The van der Waals surface area contributed by atoms with Crippen LogP contribution in [0, 0.1) is 19.7 Å². The summed E-state index contributed by atoms with van der Waals surface area (Å²) in [6.45, 7) is 3.56. The lowest BCUT2D eigenvalue weighted by atomic mass is 10.2. The molecule has 3 heterocycles. The fourth-order valence-electron chi connectivity index (χ4n) is 3.68. The molecule has 0 spiro atoms. The zero-order valence-corrected chi connectivity index (χ0v) is 18.8. The van der Waals surface area contributed by atoms with Crippen LogP contribution in [0.4, 0.5) is 4.39 Å². The fraction of sp³-hybridized carbons (Fsp3) is 0.120. The van der Waals surface area contributed by atoms with Gasteiger partial charge >= 0.3 is 0 Å². The number of para-hydroxylation sites is 1. The minimum atomic E-state index is -0.400. The molecule has 0 aliphatic heterocycles. The third-order valence-electron chi connectivity index (χ3n) is 5.45. The molecule has 2 aromatic carbocycles. The second-order valence-corrected chi connectivity index (χ2v) is 8.69. The van der Waals surface area contributed by atoms with Crippen molar-refractivity contribution in [3.8, 4) is 5.69 Å². The molecule has 0 aliphatic rings. The molecule has 33 heavy (non-hydrogen) atoms. The van der Waals surface area contributed by atoms with Crippen LogP contribution < -0.4 is 11.1 Å². The van der Waals surface area contributed by atoms with Crippen molar-refractivity contribution in [3.05, 3.63) is 110 Å². The summed E-state index contributed by atoms with van der Waals surface area (Å²) in [5.41, 5.74) is 3.02. The monoisotopic (exact) mass is 458 g/mol. The van der Waals surface area contributed by atoms with E-state index in [0.717, 1.165) is 5.56 Å². The summed E-state index contributed by atoms with van der Waals surface area (Å²) in [6, 6.07) is 16.9. The Morgan fingerprint density at radius 3 is 2.58 bits per heavy atom. The van der Waals surface area contributed by atoms with E-state index < -0.39 is 5.82 Å². The maximum absolute atomic E-state index is 14.3. The maximum atomic E-state index is 14.3. The zero-order chi connectivity index (χ0) is 23.1. The van der Waals surface area contributed by atoms with E-state index in [9.17, 15) is 14.0 Å². The Kier molecular flexibility index (Phi) is 5.30. The van der Waals surface area contributed by atoms with E-state index >= 15 is 0 Å². The lowest BCUT2D eigenvalue weighted by Crippen LogP contribution is -2.22. The molecule has 164 valence electrons. The Labute approximate surface area is 192 Å². The SMILES string of the molecule is Cc1ccc(-n2c(SCc3cc(=O)n4cccc(C)c4n3)nc3ccccc3c2=O)cc1F. The van der Waals surface area contributed by atoms with Crippen LogP contribution in [-0.2, 0) is 5.75 Å². The number of thioether (sulfide) groups is 1. The second-order valence-electron chi connectivity index (χ2n) is 7.74. The van der Waals surface area contributed by atoms with Gasteiger partial charge in [-0.1, -0.05) is 36.0 Å². The van der Waals surface area contributed by atoms with Gasteiger partial charge in [-0.15, -0.1) is 0 Å². The summed E-state index contributed by atoms with van der Waals surface area (Å²) in [5, 5.41) is 0.842. The second kappa shape index (κ2) is 8.29. The van der Waals surface area contributed by atoms with Gasteiger partial charge < -0.3 is 0 Å². The highest BCUT2D eigenvalue weighted by molar-refractivity contribution is 7.98. The highest BCUT2D eigenvalue weighted by Crippen LogP contribution is 2.25. The molecule has 0 amide bonds. The average Bonchev–Trinajstić information content (AvgIpc) is 2.80. The molecule has 0 saturated heterocycles. The van der Waals surface area contributed by atoms with Crippen molar-refractivity contribution >= 4 is 28.3 Å². The molecule has 6 nitrogen and oxygen atoms in total. The average molecular weight is 459 g/mol. The third kappa shape index (κ3) is 3.82. The van der Waals surface area contributed by atoms with Gasteiger partial charge in [-0.05, 0) is 55.3 Å². The largest absolute Gasteiger partial charge is 0.269 e. The molecule has 0 aliphatic carbocycles. The predicted molar refractivity (Wildman–Crippen MR) is 128 cm³/mol. The van der Waals surface area contributed by atoms with Crippen molar-refractivity contribution in [3.63, 3.8) is 0 Å². The van der Waals surface area contributed by atoms with Gasteiger partial charge in [-0.25, -0.2) is 14.4 Å². The first-order chi connectivity index (χ1) is 15.9. The Bertz CT molecular complexity index is 1660. The number of nitrogens with zero attached hydrogens (tertiary/aromatic N) is 4. The predicted octanol–water partition coefficient (Wildman–Crippen LogP) is 4.44. The minimum absolute atomic E-state index is 0.177. The molecular weight excluding hydrogens is 439 g/mol. The van der Waals surface area contributed by atoms with Gasteiger partial charge in [0, 0.05) is 18.0 Å². The van der Waals surface area contributed by atoms with E-state index in [2.05, 4.69) is 9.97 Å². The van der Waals surface area contributed by atoms with E-state index in [1.807, 2.05) is 19.1 Å². The number of hydrogen-bond acceptors (Lipinski definition) is 5. The first-order valence-corrected chi connectivity index (χ1v) is 11.3. The van der Waals surface area contributed by atoms with E-state index in [0.29, 0.717) is 44.4 Å². The van der Waals surface area contributed by atoms with Crippen molar-refractivity contribution in [1.29, 1.82) is 0 Å². The Morgan fingerprint density at radius 1 is 0.939 bits per heavy atom. The number of hydrogen-bond donors (Lipinski definition) is 0. The number of pyridine rings is 1. The quantitative estimate of drug-likeness (QED) is 0.294. The van der Waals surface area contributed by atoms with Crippen molar-refractivity contribution in [2.75, 3.05) is 0 Å². The van der Waals surface area contributed by atoms with E-state index in [1.54, 1.807) is 49.5 Å². The first-order valence-electron chi connectivity index (χ1n) is 10.3. The van der Waals surface area contributed by atoms with Crippen LogP contribution in [0.25, 0.3) is 22.2 Å². The Hall–Kier alpha value is -3.78. The number of aromatic nitrogens is 4. The van der Waals surface area contributed by atoms with Gasteiger partial charge in [-0.3, -0.25) is 18.6 Å². The molecule has 0 unspecified atom stereocenters. The molecule has 0 radical (unpaired) electrons. The maximum Gasteiger partial charge on any atom is 0.266 e. The van der Waals surface area contributed by atoms with Crippen LogP contribution in [0.5, 0.6) is 0 Å². The molecule has 0 saturated carbocycles. The summed E-state index contributed by atoms with van der Waals surface area (Å²) in [4.78, 5) is 35.2. The smallest absolute Gasteiger partial charge is 0.266 e. The lowest BCUT2D eigenvalue weighted by molar-refractivity contribution is 0.615. The highest BCUT2D eigenvalue weighted by Gasteiger charge is 2.15. The van der Waals surface area contributed by atoms with Crippen LogP contribution in [0.1, 0.15) is 16.8 Å². The summed E-state index contributed by atoms with van der Waals surface area (Å²) >= 11 is 1.28. The van der Waals surface area contributed by atoms with Gasteiger partial charge in [0.25, 0.3) is 11.1 Å². The number of aryl methyl sites for hydroxylation is 2. The van der Waals surface area contributed by atoms with Crippen LogP contribution in [0.15, 0.2) is 81.6 Å². The molecule has 0 N–H and O–H groups in total. The standard InChI is InChI=1S/C25H19FN4O2S/c1-15-9-10-18(13-20(15)26)30-24(32)19-7-3-4-8-21(19)28-25(30)33-14-17-12-22(31)29-11-5-6-16(2)23(29)27-17/h3-13H,14H2,1-2H3. The molecule has 0 atom stereocenters. The van der Waals surface area contributed by atoms with Crippen molar-refractivity contribution in [2.24, 2.45) is 0 Å². The number of benzene rings is 2. The van der Waals surface area contributed by atoms with Gasteiger partial charge in [-0.2, -0.15) is 0 Å². The fourth-order valence-corrected chi connectivity index (χ4v) is 4.58. The van der Waals surface area contributed by atoms with Gasteiger partial charge in [0.15, 0.2) is 5.16 Å². The summed E-state index contributed by atoms with van der Waals surface area (Å²) in [5.74, 6) is -0.0812. The van der Waals surface area contributed by atoms with Crippen LogP contribution >= 0.6 is 11.8 Å². The van der Waals surface area contributed by atoms with Crippen molar-refractivity contribution in [1.82, 2.24) is 18.9 Å². The number of halogens is 1. The normalized spacial score (nSPS) is 11.4. The molecular formula is C25H19FN4O2S. The molecule has 3 aromatic heterocycles. The Morgan fingerprint density at radius 2 is 1.76 bits per heavy atom. The van der Waals surface area contributed by atoms with Crippen molar-refractivity contribution in [2.45, 2.75) is 24.8 Å². The van der Waals surface area contributed by atoms with E-state index in [-0.39, 0.29) is 11.1 Å². The zero-order valence-electron chi connectivity index (χ0n) is 17.9. The third-order valence-corrected chi connectivity index (χ3v) is 6.42. The molecule has 0 fully saturated rings. The molecule has 8 heteroatoms. The number of rotatable bonds is 4. The molecule has 5 rings (SSSR count). The molecule has 0 bridgehead atoms. The minimum Gasteiger partial charge on any atom is -0.269 e. The van der Waals surface area contributed by atoms with Crippen LogP contribution in [0.3, 0.4) is 0 Å². The highest BCUT2D eigenvalue weighted by atomic mass is 32.2. The van der Waals surface area contributed by atoms with Crippen LogP contribution in [0.2, 0.25) is 0 Å². The summed E-state index contributed by atoms with van der Waals surface area (Å²) in [6.07, 6.45) is 1.68. The summed E-state index contributed by atoms with van der Waals surface area (Å²) < 4.78 is 17.2. The van der Waals surface area contributed by atoms with Crippen LogP contribution in [-0.4, -0.2) is 18.9 Å². The molecule has 5 aromatic rings. The van der Waals surface area contributed by atoms with Gasteiger partial charge in [0.1, 0.15) is 11.5 Å².